The van der Waals surface area contributed by atoms with Crippen molar-refractivity contribution in [3.05, 3.63) is 82.3 Å². The number of hydrogen-bond acceptors (Lipinski definition) is 6. The van der Waals surface area contributed by atoms with Crippen molar-refractivity contribution < 1.29 is 4.92 Å². The van der Waals surface area contributed by atoms with E-state index in [1.807, 2.05) is 42.7 Å². The van der Waals surface area contributed by atoms with Crippen LogP contribution in [0.15, 0.2) is 61.1 Å². The molecule has 140 valence electrons. The van der Waals surface area contributed by atoms with Gasteiger partial charge in [0.15, 0.2) is 0 Å². The summed E-state index contributed by atoms with van der Waals surface area (Å²) in [6.45, 7) is 3.94. The number of hydrogen-bond donors (Lipinski definition) is 1. The summed E-state index contributed by atoms with van der Waals surface area (Å²) in [6, 6.07) is 14.2. The summed E-state index contributed by atoms with van der Waals surface area (Å²) in [7, 11) is 0. The molecule has 8 nitrogen and oxygen atoms in total. The first-order valence-corrected chi connectivity index (χ1v) is 8.79. The molecular formula is C20H18N6O2. The highest BCUT2D eigenvalue weighted by atomic mass is 16.6. The summed E-state index contributed by atoms with van der Waals surface area (Å²) in [5, 5.41) is 14.2. The van der Waals surface area contributed by atoms with E-state index in [-0.39, 0.29) is 11.7 Å². The van der Waals surface area contributed by atoms with E-state index in [0.717, 1.165) is 22.2 Å². The largest absolute Gasteiger partial charge is 0.348 e. The van der Waals surface area contributed by atoms with Gasteiger partial charge in [-0.25, -0.2) is 9.97 Å². The molecule has 0 amide bonds. The summed E-state index contributed by atoms with van der Waals surface area (Å²) >= 11 is 0. The van der Waals surface area contributed by atoms with Crippen LogP contribution in [0.2, 0.25) is 0 Å². The Bertz CT molecular complexity index is 1170. The molecule has 1 atom stereocenters. The van der Waals surface area contributed by atoms with E-state index in [0.29, 0.717) is 11.8 Å². The van der Waals surface area contributed by atoms with Crippen molar-refractivity contribution in [3.63, 3.8) is 0 Å². The molecular weight excluding hydrogens is 356 g/mol. The van der Waals surface area contributed by atoms with Crippen LogP contribution in [-0.2, 0) is 0 Å². The van der Waals surface area contributed by atoms with Gasteiger partial charge < -0.3 is 5.32 Å². The normalized spacial score (nSPS) is 12.1. The van der Waals surface area contributed by atoms with Crippen LogP contribution in [0.25, 0.3) is 16.9 Å². The van der Waals surface area contributed by atoms with E-state index in [1.54, 1.807) is 24.7 Å². The van der Waals surface area contributed by atoms with Crippen molar-refractivity contribution in [2.45, 2.75) is 19.9 Å². The highest BCUT2D eigenvalue weighted by Crippen LogP contribution is 2.23. The van der Waals surface area contributed by atoms with Gasteiger partial charge in [0.1, 0.15) is 12.1 Å². The molecule has 0 aliphatic carbocycles. The average molecular weight is 374 g/mol. The molecule has 4 rings (SSSR count). The third-order valence-electron chi connectivity index (χ3n) is 4.52. The number of nitro benzene ring substituents is 1. The molecule has 0 unspecified atom stereocenters. The first kappa shape index (κ1) is 17.6. The van der Waals surface area contributed by atoms with E-state index in [2.05, 4.69) is 26.3 Å². The van der Waals surface area contributed by atoms with Gasteiger partial charge in [0, 0.05) is 18.3 Å². The van der Waals surface area contributed by atoms with Crippen molar-refractivity contribution in [2.24, 2.45) is 0 Å². The minimum absolute atomic E-state index is 0.0566. The molecule has 0 bridgehead atoms. The number of aryl methyl sites for hydroxylation is 1. The molecule has 0 radical (unpaired) electrons. The van der Waals surface area contributed by atoms with Crippen molar-refractivity contribution in [3.8, 4) is 5.82 Å². The fourth-order valence-electron chi connectivity index (χ4n) is 3.04. The lowest BCUT2D eigenvalue weighted by Crippen LogP contribution is -2.11. The minimum Gasteiger partial charge on any atom is -0.348 e. The van der Waals surface area contributed by atoms with Crippen molar-refractivity contribution >= 4 is 22.7 Å². The van der Waals surface area contributed by atoms with E-state index < -0.39 is 4.92 Å². The number of benzene rings is 2. The van der Waals surface area contributed by atoms with Crippen molar-refractivity contribution in [2.75, 3.05) is 5.32 Å². The van der Waals surface area contributed by atoms with Crippen LogP contribution in [0, 0.1) is 17.0 Å². The second-order valence-corrected chi connectivity index (χ2v) is 6.56. The lowest BCUT2D eigenvalue weighted by Gasteiger charge is -2.14. The molecule has 0 saturated carbocycles. The quantitative estimate of drug-likeness (QED) is 0.415. The lowest BCUT2D eigenvalue weighted by molar-refractivity contribution is -0.384. The highest BCUT2D eigenvalue weighted by molar-refractivity contribution is 5.77. The number of nitrogens with zero attached hydrogens (tertiary/aromatic N) is 5. The molecule has 4 aromatic rings. The number of nitro groups is 1. The van der Waals surface area contributed by atoms with Gasteiger partial charge in [-0.2, -0.15) is 4.98 Å². The summed E-state index contributed by atoms with van der Waals surface area (Å²) in [6.07, 6.45) is 3.41. The second-order valence-electron chi connectivity index (χ2n) is 6.56. The maximum Gasteiger partial charge on any atom is 0.269 e. The van der Waals surface area contributed by atoms with Crippen molar-refractivity contribution in [1.82, 2.24) is 19.5 Å². The topological polar surface area (TPSA) is 98.8 Å². The monoisotopic (exact) mass is 374 g/mol. The molecule has 0 fully saturated rings. The number of fused-ring (bicyclic) bond motifs is 1. The highest BCUT2D eigenvalue weighted by Gasteiger charge is 2.13. The predicted octanol–water partition coefficient (Wildman–Crippen LogP) is 4.21. The SMILES string of the molecule is Cc1ccc2ncn(-c3ccnc(N[C@@H](C)c4cccc([N+](=O)[O-])c4)n3)c2c1. The maximum atomic E-state index is 11.0. The molecule has 2 heterocycles. The Kier molecular flexibility index (Phi) is 4.44. The number of imidazole rings is 1. The fourth-order valence-corrected chi connectivity index (χ4v) is 3.04. The van der Waals surface area contributed by atoms with Gasteiger partial charge in [0.2, 0.25) is 5.95 Å². The van der Waals surface area contributed by atoms with Crippen LogP contribution in [-0.4, -0.2) is 24.4 Å². The molecule has 0 aliphatic heterocycles. The van der Waals surface area contributed by atoms with Crippen LogP contribution in [0.1, 0.15) is 24.1 Å². The smallest absolute Gasteiger partial charge is 0.269 e. The zero-order valence-electron chi connectivity index (χ0n) is 15.4. The average Bonchev–Trinajstić information content (AvgIpc) is 3.11. The van der Waals surface area contributed by atoms with Gasteiger partial charge >= 0.3 is 0 Å². The van der Waals surface area contributed by atoms with E-state index in [9.17, 15) is 10.1 Å². The Morgan fingerprint density at radius 1 is 1.14 bits per heavy atom. The molecule has 2 aromatic carbocycles. The van der Waals surface area contributed by atoms with E-state index in [1.165, 1.54) is 6.07 Å². The van der Waals surface area contributed by atoms with Gasteiger partial charge in [-0.3, -0.25) is 14.7 Å². The van der Waals surface area contributed by atoms with Gasteiger partial charge in [-0.1, -0.05) is 18.2 Å². The predicted molar refractivity (Wildman–Crippen MR) is 107 cm³/mol. The number of anilines is 1. The van der Waals surface area contributed by atoms with Gasteiger partial charge in [-0.15, -0.1) is 0 Å². The number of aromatic nitrogens is 4. The minimum atomic E-state index is -0.403. The fraction of sp³-hybridized carbons (Fsp3) is 0.150. The standard InChI is InChI=1S/C20H18N6O2/c1-13-6-7-17-18(10-13)25(12-22-17)19-8-9-21-20(24-19)23-14(2)15-4-3-5-16(11-15)26(27)28/h3-12,14H,1-2H3,(H,21,23,24)/t14-/m0/s1. The third kappa shape index (κ3) is 3.39. The Morgan fingerprint density at radius 3 is 2.82 bits per heavy atom. The van der Waals surface area contributed by atoms with Crippen LogP contribution < -0.4 is 5.32 Å². The number of rotatable bonds is 5. The molecule has 2 aromatic heterocycles. The van der Waals surface area contributed by atoms with E-state index >= 15 is 0 Å². The molecule has 0 spiro atoms. The van der Waals surface area contributed by atoms with E-state index in [4.69, 9.17) is 0 Å². The van der Waals surface area contributed by atoms with Crippen LogP contribution in [0.4, 0.5) is 11.6 Å². The second kappa shape index (κ2) is 7.07. The van der Waals surface area contributed by atoms with Crippen LogP contribution in [0.5, 0.6) is 0 Å². The van der Waals surface area contributed by atoms with Gasteiger partial charge in [0.05, 0.1) is 22.0 Å². The first-order chi connectivity index (χ1) is 13.5. The molecule has 1 N–H and O–H groups in total. The zero-order chi connectivity index (χ0) is 19.7. The Hall–Kier alpha value is -3.81. The number of non-ortho nitro benzene ring substituents is 1. The summed E-state index contributed by atoms with van der Waals surface area (Å²) in [5.74, 6) is 1.13. The zero-order valence-corrected chi connectivity index (χ0v) is 15.4. The lowest BCUT2D eigenvalue weighted by atomic mass is 10.1. The van der Waals surface area contributed by atoms with Gasteiger partial charge in [-0.05, 0) is 43.2 Å². The van der Waals surface area contributed by atoms with Gasteiger partial charge in [0.25, 0.3) is 5.69 Å². The maximum absolute atomic E-state index is 11.0. The molecule has 28 heavy (non-hydrogen) atoms. The molecule has 0 saturated heterocycles. The number of nitrogens with one attached hydrogen (secondary N) is 1. The summed E-state index contributed by atoms with van der Waals surface area (Å²) in [4.78, 5) is 23.9. The Labute approximate surface area is 161 Å². The molecule has 0 aliphatic rings. The Morgan fingerprint density at radius 2 is 2.00 bits per heavy atom. The summed E-state index contributed by atoms with van der Waals surface area (Å²) < 4.78 is 1.91. The molecule has 8 heteroatoms. The third-order valence-corrected chi connectivity index (χ3v) is 4.52. The van der Waals surface area contributed by atoms with Crippen molar-refractivity contribution in [1.29, 1.82) is 0 Å². The first-order valence-electron chi connectivity index (χ1n) is 8.79. The summed E-state index contributed by atoms with van der Waals surface area (Å²) in [5.41, 5.74) is 3.84. The Balaban J connectivity index is 1.63. The van der Waals surface area contributed by atoms with Crippen LogP contribution in [0.3, 0.4) is 0 Å². The van der Waals surface area contributed by atoms with Crippen LogP contribution >= 0.6 is 0 Å².